The second kappa shape index (κ2) is 6.37. The van der Waals surface area contributed by atoms with Gasteiger partial charge < -0.3 is 5.32 Å². The number of amides is 1. The molecule has 3 heteroatoms. The van der Waals surface area contributed by atoms with Gasteiger partial charge in [0.1, 0.15) is 0 Å². The second-order valence-corrected chi connectivity index (χ2v) is 6.33. The van der Waals surface area contributed by atoms with Gasteiger partial charge in [-0.25, -0.2) is 0 Å². The molecule has 0 heterocycles. The molecule has 23 heavy (non-hydrogen) atoms. The number of aryl methyl sites for hydroxylation is 2. The normalized spacial score (nSPS) is 13.7. The van der Waals surface area contributed by atoms with Crippen molar-refractivity contribution in [2.75, 3.05) is 6.54 Å². The Balaban J connectivity index is 1.87. The van der Waals surface area contributed by atoms with E-state index in [0.29, 0.717) is 29.2 Å². The Kier molecular flexibility index (Phi) is 4.28. The first-order valence-corrected chi connectivity index (χ1v) is 8.05. The number of carbonyl (C=O) groups is 2. The summed E-state index contributed by atoms with van der Waals surface area (Å²) in [4.78, 5) is 25.2. The molecule has 1 fully saturated rings. The van der Waals surface area contributed by atoms with Crippen LogP contribution in [0, 0.1) is 19.8 Å². The first-order valence-electron chi connectivity index (χ1n) is 8.05. The van der Waals surface area contributed by atoms with Crippen LogP contribution in [0.25, 0.3) is 0 Å². The zero-order valence-corrected chi connectivity index (χ0v) is 13.6. The third kappa shape index (κ3) is 3.50. The quantitative estimate of drug-likeness (QED) is 0.857. The third-order valence-electron chi connectivity index (χ3n) is 4.43. The Morgan fingerprint density at radius 2 is 1.70 bits per heavy atom. The topological polar surface area (TPSA) is 46.2 Å². The van der Waals surface area contributed by atoms with Crippen LogP contribution >= 0.6 is 0 Å². The fourth-order valence-corrected chi connectivity index (χ4v) is 2.57. The van der Waals surface area contributed by atoms with E-state index in [9.17, 15) is 9.59 Å². The molecule has 3 nitrogen and oxygen atoms in total. The highest BCUT2D eigenvalue weighted by Crippen LogP contribution is 2.27. The SMILES string of the molecule is Cc1ccc(C(=O)c2ccccc2C(=O)NCC2CC2)cc1C. The van der Waals surface area contributed by atoms with Crippen LogP contribution in [0.4, 0.5) is 0 Å². The predicted molar refractivity (Wildman–Crippen MR) is 90.8 cm³/mol. The summed E-state index contributed by atoms with van der Waals surface area (Å²) in [6.45, 7) is 4.70. The van der Waals surface area contributed by atoms with Crippen LogP contribution in [-0.4, -0.2) is 18.2 Å². The van der Waals surface area contributed by atoms with Gasteiger partial charge in [-0.1, -0.05) is 30.3 Å². The molecule has 1 N–H and O–H groups in total. The summed E-state index contributed by atoms with van der Waals surface area (Å²) < 4.78 is 0. The molecule has 0 saturated heterocycles. The van der Waals surface area contributed by atoms with E-state index in [-0.39, 0.29) is 11.7 Å². The van der Waals surface area contributed by atoms with Gasteiger partial charge in [0.05, 0.1) is 5.56 Å². The van der Waals surface area contributed by atoms with Crippen LogP contribution in [-0.2, 0) is 0 Å². The smallest absolute Gasteiger partial charge is 0.252 e. The van der Waals surface area contributed by atoms with E-state index in [2.05, 4.69) is 5.32 Å². The van der Waals surface area contributed by atoms with E-state index in [1.165, 1.54) is 12.8 Å². The van der Waals surface area contributed by atoms with Crippen LogP contribution < -0.4 is 5.32 Å². The van der Waals surface area contributed by atoms with Crippen LogP contribution in [0.3, 0.4) is 0 Å². The Labute approximate surface area is 136 Å². The summed E-state index contributed by atoms with van der Waals surface area (Å²) in [5, 5.41) is 2.94. The highest BCUT2D eigenvalue weighted by atomic mass is 16.2. The lowest BCUT2D eigenvalue weighted by Crippen LogP contribution is -2.27. The summed E-state index contributed by atoms with van der Waals surface area (Å²) in [6, 6.07) is 12.7. The lowest BCUT2D eigenvalue weighted by Gasteiger charge is -2.10. The van der Waals surface area contributed by atoms with Crippen LogP contribution in [0.1, 0.15) is 50.2 Å². The number of hydrogen-bond donors (Lipinski definition) is 1. The van der Waals surface area contributed by atoms with Gasteiger partial charge in [0.15, 0.2) is 5.78 Å². The van der Waals surface area contributed by atoms with Crippen molar-refractivity contribution >= 4 is 11.7 Å². The van der Waals surface area contributed by atoms with Gasteiger partial charge in [0.2, 0.25) is 0 Å². The molecule has 1 amide bonds. The molecule has 0 spiro atoms. The molecule has 2 aromatic rings. The lowest BCUT2D eigenvalue weighted by atomic mass is 9.95. The van der Waals surface area contributed by atoms with E-state index in [4.69, 9.17) is 0 Å². The fourth-order valence-electron chi connectivity index (χ4n) is 2.57. The average Bonchev–Trinajstić information content (AvgIpc) is 3.39. The number of hydrogen-bond acceptors (Lipinski definition) is 2. The molecule has 0 unspecified atom stereocenters. The van der Waals surface area contributed by atoms with E-state index in [1.807, 2.05) is 32.0 Å². The van der Waals surface area contributed by atoms with Crippen LogP contribution in [0.2, 0.25) is 0 Å². The molecule has 0 bridgehead atoms. The number of carbonyl (C=O) groups excluding carboxylic acids is 2. The number of benzene rings is 2. The Morgan fingerprint density at radius 1 is 1.00 bits per heavy atom. The van der Waals surface area contributed by atoms with Crippen molar-refractivity contribution in [3.8, 4) is 0 Å². The maximum absolute atomic E-state index is 12.8. The first-order chi connectivity index (χ1) is 11.1. The summed E-state index contributed by atoms with van der Waals surface area (Å²) in [7, 11) is 0. The maximum Gasteiger partial charge on any atom is 0.252 e. The van der Waals surface area contributed by atoms with Gasteiger partial charge in [-0.3, -0.25) is 9.59 Å². The van der Waals surface area contributed by atoms with Crippen molar-refractivity contribution in [3.63, 3.8) is 0 Å². The molecule has 0 radical (unpaired) electrons. The second-order valence-electron chi connectivity index (χ2n) is 6.33. The van der Waals surface area contributed by atoms with E-state index in [0.717, 1.165) is 11.1 Å². The monoisotopic (exact) mass is 307 g/mol. The van der Waals surface area contributed by atoms with Gasteiger partial charge in [0.25, 0.3) is 5.91 Å². The molecule has 118 valence electrons. The molecular weight excluding hydrogens is 286 g/mol. The summed E-state index contributed by atoms with van der Waals surface area (Å²) in [6.07, 6.45) is 2.37. The molecule has 2 aromatic carbocycles. The lowest BCUT2D eigenvalue weighted by molar-refractivity contribution is 0.0940. The molecule has 1 aliphatic rings. The van der Waals surface area contributed by atoms with Crippen LogP contribution in [0.15, 0.2) is 42.5 Å². The predicted octanol–water partition coefficient (Wildman–Crippen LogP) is 3.67. The molecule has 1 saturated carbocycles. The minimum atomic E-state index is -0.162. The zero-order valence-electron chi connectivity index (χ0n) is 13.6. The maximum atomic E-state index is 12.8. The highest BCUT2D eigenvalue weighted by molar-refractivity contribution is 6.15. The third-order valence-corrected chi connectivity index (χ3v) is 4.43. The van der Waals surface area contributed by atoms with Crippen LogP contribution in [0.5, 0.6) is 0 Å². The van der Waals surface area contributed by atoms with E-state index in [1.54, 1.807) is 24.3 Å². The largest absolute Gasteiger partial charge is 0.352 e. The number of ketones is 1. The Hall–Kier alpha value is -2.42. The molecular formula is C20H21NO2. The standard InChI is InChI=1S/C20H21NO2/c1-13-7-10-16(11-14(13)2)19(22)17-5-3-4-6-18(17)20(23)21-12-15-8-9-15/h3-7,10-11,15H,8-9,12H2,1-2H3,(H,21,23). The van der Waals surface area contributed by atoms with Gasteiger partial charge in [-0.05, 0) is 55.9 Å². The minimum absolute atomic E-state index is 0.106. The van der Waals surface area contributed by atoms with Gasteiger partial charge >= 0.3 is 0 Å². The van der Waals surface area contributed by atoms with Crippen molar-refractivity contribution in [1.82, 2.24) is 5.32 Å². The molecule has 0 aromatic heterocycles. The van der Waals surface area contributed by atoms with E-state index >= 15 is 0 Å². The number of rotatable bonds is 5. The zero-order chi connectivity index (χ0) is 16.4. The minimum Gasteiger partial charge on any atom is -0.352 e. The van der Waals surface area contributed by atoms with Gasteiger partial charge in [-0.2, -0.15) is 0 Å². The van der Waals surface area contributed by atoms with Gasteiger partial charge in [-0.15, -0.1) is 0 Å². The Bertz CT molecular complexity index is 760. The van der Waals surface area contributed by atoms with Gasteiger partial charge in [0, 0.05) is 17.7 Å². The molecule has 0 aliphatic heterocycles. The molecule has 3 rings (SSSR count). The molecule has 0 atom stereocenters. The summed E-state index contributed by atoms with van der Waals surface area (Å²) in [5.74, 6) is 0.344. The first kappa shape index (κ1) is 15.5. The van der Waals surface area contributed by atoms with Crippen molar-refractivity contribution in [1.29, 1.82) is 0 Å². The van der Waals surface area contributed by atoms with Crippen molar-refractivity contribution in [2.24, 2.45) is 5.92 Å². The van der Waals surface area contributed by atoms with Crippen molar-refractivity contribution in [2.45, 2.75) is 26.7 Å². The highest BCUT2D eigenvalue weighted by Gasteiger charge is 2.23. The number of nitrogens with one attached hydrogen (secondary N) is 1. The van der Waals surface area contributed by atoms with E-state index < -0.39 is 0 Å². The summed E-state index contributed by atoms with van der Waals surface area (Å²) in [5.41, 5.74) is 3.76. The van der Waals surface area contributed by atoms with Crippen molar-refractivity contribution in [3.05, 3.63) is 70.3 Å². The van der Waals surface area contributed by atoms with Crippen molar-refractivity contribution < 1.29 is 9.59 Å². The molecule has 1 aliphatic carbocycles. The Morgan fingerprint density at radius 3 is 2.35 bits per heavy atom. The summed E-state index contributed by atoms with van der Waals surface area (Å²) >= 11 is 0. The average molecular weight is 307 g/mol. The fraction of sp³-hybridized carbons (Fsp3) is 0.300.